The van der Waals surface area contributed by atoms with Crippen LogP contribution in [-0.4, -0.2) is 46.0 Å². The van der Waals surface area contributed by atoms with Crippen LogP contribution in [0, 0.1) is 0 Å². The van der Waals surface area contributed by atoms with Crippen LogP contribution in [0.2, 0.25) is 0 Å². The van der Waals surface area contributed by atoms with Crippen LogP contribution in [0.3, 0.4) is 0 Å². The summed E-state index contributed by atoms with van der Waals surface area (Å²) in [6.45, 7) is 5.81. The van der Waals surface area contributed by atoms with Crippen LogP contribution in [0.25, 0.3) is 0 Å². The highest BCUT2D eigenvalue weighted by Gasteiger charge is 2.17. The fraction of sp³-hybridized carbons (Fsp3) is 0.750. The van der Waals surface area contributed by atoms with Crippen molar-refractivity contribution in [1.82, 2.24) is 15.5 Å². The van der Waals surface area contributed by atoms with E-state index in [2.05, 4.69) is 15.5 Å². The molecule has 0 radical (unpaired) electrons. The van der Waals surface area contributed by atoms with Gasteiger partial charge in [0, 0.05) is 19.1 Å². The Balaban J connectivity index is 2.20. The van der Waals surface area contributed by atoms with Crippen molar-refractivity contribution in [2.45, 2.75) is 39.2 Å². The molecule has 0 saturated carbocycles. The van der Waals surface area contributed by atoms with Gasteiger partial charge in [0.1, 0.15) is 4.32 Å². The summed E-state index contributed by atoms with van der Waals surface area (Å²) in [5.74, 6) is -0.129. The van der Waals surface area contributed by atoms with E-state index in [1.54, 1.807) is 0 Å². The van der Waals surface area contributed by atoms with Gasteiger partial charge in [-0.2, -0.15) is 0 Å². The van der Waals surface area contributed by atoms with Crippen molar-refractivity contribution in [2.24, 2.45) is 0 Å². The average Bonchev–Trinajstić information content (AvgIpc) is 2.89. The van der Waals surface area contributed by atoms with Gasteiger partial charge in [-0.1, -0.05) is 30.9 Å². The van der Waals surface area contributed by atoms with E-state index in [0.29, 0.717) is 0 Å². The minimum Gasteiger partial charge on any atom is -0.358 e. The Morgan fingerprint density at radius 1 is 1.37 bits per heavy atom. The molecule has 1 aliphatic rings. The second-order valence-corrected chi connectivity index (χ2v) is 6.19. The SMILES string of the molecule is CC[C@H](C)NC(=O)NC(=O)CSC(=S)N1CCCC1. The quantitative estimate of drug-likeness (QED) is 0.775. The fourth-order valence-electron chi connectivity index (χ4n) is 1.64. The van der Waals surface area contributed by atoms with Gasteiger partial charge in [0.05, 0.1) is 5.75 Å². The Morgan fingerprint density at radius 2 is 2.00 bits per heavy atom. The summed E-state index contributed by atoms with van der Waals surface area (Å²) >= 11 is 6.56. The first kappa shape index (κ1) is 16.2. The molecule has 1 aliphatic heterocycles. The smallest absolute Gasteiger partial charge is 0.321 e. The van der Waals surface area contributed by atoms with Crippen molar-refractivity contribution in [3.05, 3.63) is 0 Å². The fourth-order valence-corrected chi connectivity index (χ4v) is 2.69. The van der Waals surface area contributed by atoms with Crippen LogP contribution in [0.1, 0.15) is 33.1 Å². The van der Waals surface area contributed by atoms with Gasteiger partial charge in [-0.15, -0.1) is 0 Å². The number of nitrogens with one attached hydrogen (secondary N) is 2. The maximum atomic E-state index is 11.6. The van der Waals surface area contributed by atoms with Crippen molar-refractivity contribution in [3.8, 4) is 0 Å². The van der Waals surface area contributed by atoms with E-state index in [9.17, 15) is 9.59 Å². The Kier molecular flexibility index (Phi) is 7.15. The lowest BCUT2D eigenvalue weighted by Crippen LogP contribution is -2.44. The van der Waals surface area contributed by atoms with E-state index in [-0.39, 0.29) is 17.7 Å². The topological polar surface area (TPSA) is 61.4 Å². The predicted molar refractivity (Wildman–Crippen MR) is 82.3 cm³/mol. The summed E-state index contributed by atoms with van der Waals surface area (Å²) in [6.07, 6.45) is 3.14. The van der Waals surface area contributed by atoms with Crippen molar-refractivity contribution in [3.63, 3.8) is 0 Å². The van der Waals surface area contributed by atoms with Gasteiger partial charge >= 0.3 is 6.03 Å². The number of thiocarbonyl (C=S) groups is 1. The minimum absolute atomic E-state index is 0.0612. The number of likely N-dealkylation sites (tertiary alicyclic amines) is 1. The van der Waals surface area contributed by atoms with E-state index in [1.807, 2.05) is 13.8 Å². The third-order valence-electron chi connectivity index (χ3n) is 2.93. The lowest BCUT2D eigenvalue weighted by molar-refractivity contribution is -0.117. The van der Waals surface area contributed by atoms with Crippen molar-refractivity contribution >= 4 is 40.2 Å². The van der Waals surface area contributed by atoms with Crippen molar-refractivity contribution < 1.29 is 9.59 Å². The number of hydrogen-bond acceptors (Lipinski definition) is 4. The molecular formula is C12H21N3O2S2. The number of urea groups is 1. The van der Waals surface area contributed by atoms with Gasteiger partial charge < -0.3 is 10.2 Å². The van der Waals surface area contributed by atoms with Gasteiger partial charge in [-0.3, -0.25) is 10.1 Å². The first-order valence-corrected chi connectivity index (χ1v) is 7.94. The summed E-state index contributed by atoms with van der Waals surface area (Å²) in [7, 11) is 0. The number of rotatable bonds is 4. The summed E-state index contributed by atoms with van der Waals surface area (Å²) in [6, 6.07) is -0.377. The van der Waals surface area contributed by atoms with Gasteiger partial charge in [0.15, 0.2) is 0 Å². The number of imide groups is 1. The molecule has 1 rings (SSSR count). The molecule has 0 aliphatic carbocycles. The third-order valence-corrected chi connectivity index (χ3v) is 4.46. The molecule has 0 bridgehead atoms. The highest BCUT2D eigenvalue weighted by atomic mass is 32.2. The van der Waals surface area contributed by atoms with Gasteiger partial charge in [0.2, 0.25) is 5.91 Å². The third kappa shape index (κ3) is 6.24. The molecule has 5 nitrogen and oxygen atoms in total. The Labute approximate surface area is 123 Å². The molecule has 0 aromatic carbocycles. The van der Waals surface area contributed by atoms with Gasteiger partial charge in [-0.25, -0.2) is 4.79 Å². The Bertz CT molecular complexity index is 344. The normalized spacial score (nSPS) is 16.0. The largest absolute Gasteiger partial charge is 0.358 e. The first-order valence-electron chi connectivity index (χ1n) is 6.55. The number of carbonyl (C=O) groups is 2. The number of nitrogens with zero attached hydrogens (tertiary/aromatic N) is 1. The molecule has 1 atom stereocenters. The second kappa shape index (κ2) is 8.37. The Hall–Kier alpha value is -0.820. The van der Waals surface area contributed by atoms with E-state index in [1.165, 1.54) is 11.8 Å². The highest BCUT2D eigenvalue weighted by Crippen LogP contribution is 2.15. The van der Waals surface area contributed by atoms with Crippen LogP contribution < -0.4 is 10.6 Å². The molecule has 0 aromatic heterocycles. The predicted octanol–water partition coefficient (Wildman–Crippen LogP) is 1.72. The summed E-state index contributed by atoms with van der Waals surface area (Å²) in [4.78, 5) is 25.1. The molecular weight excluding hydrogens is 282 g/mol. The first-order chi connectivity index (χ1) is 9.02. The monoisotopic (exact) mass is 303 g/mol. The lowest BCUT2D eigenvalue weighted by Gasteiger charge is -2.17. The molecule has 0 unspecified atom stereocenters. The molecule has 2 N–H and O–H groups in total. The number of carbonyl (C=O) groups excluding carboxylic acids is 2. The maximum Gasteiger partial charge on any atom is 0.321 e. The second-order valence-electron chi connectivity index (χ2n) is 4.58. The molecule has 0 aromatic rings. The maximum absolute atomic E-state index is 11.6. The zero-order valence-electron chi connectivity index (χ0n) is 11.4. The van der Waals surface area contributed by atoms with Gasteiger partial charge in [-0.05, 0) is 26.2 Å². The number of hydrogen-bond donors (Lipinski definition) is 2. The summed E-state index contributed by atoms with van der Waals surface area (Å²) in [5.41, 5.74) is 0. The highest BCUT2D eigenvalue weighted by molar-refractivity contribution is 8.23. The lowest BCUT2D eigenvalue weighted by atomic mass is 10.3. The van der Waals surface area contributed by atoms with Crippen molar-refractivity contribution in [1.29, 1.82) is 0 Å². The van der Waals surface area contributed by atoms with E-state index in [4.69, 9.17) is 12.2 Å². The zero-order valence-corrected chi connectivity index (χ0v) is 13.0. The molecule has 1 heterocycles. The average molecular weight is 303 g/mol. The van der Waals surface area contributed by atoms with Crippen LogP contribution in [-0.2, 0) is 4.79 Å². The zero-order chi connectivity index (χ0) is 14.3. The molecule has 1 fully saturated rings. The molecule has 1 saturated heterocycles. The van der Waals surface area contributed by atoms with Crippen molar-refractivity contribution in [2.75, 3.05) is 18.8 Å². The summed E-state index contributed by atoms with van der Waals surface area (Å²) < 4.78 is 0.745. The molecule has 108 valence electrons. The van der Waals surface area contributed by atoms with Gasteiger partial charge in [0.25, 0.3) is 0 Å². The number of thioether (sulfide) groups is 1. The van der Waals surface area contributed by atoms with E-state index < -0.39 is 6.03 Å². The molecule has 19 heavy (non-hydrogen) atoms. The molecule has 7 heteroatoms. The van der Waals surface area contributed by atoms with Crippen LogP contribution >= 0.6 is 24.0 Å². The number of amides is 3. The van der Waals surface area contributed by atoms with E-state index in [0.717, 1.165) is 36.7 Å². The molecule has 3 amide bonds. The minimum atomic E-state index is -0.438. The summed E-state index contributed by atoms with van der Waals surface area (Å²) in [5, 5.41) is 4.98. The Morgan fingerprint density at radius 3 is 2.58 bits per heavy atom. The van der Waals surface area contributed by atoms with E-state index >= 15 is 0 Å². The van der Waals surface area contributed by atoms with Crippen LogP contribution in [0.4, 0.5) is 4.79 Å². The van der Waals surface area contributed by atoms with Crippen LogP contribution in [0.15, 0.2) is 0 Å². The molecule has 0 spiro atoms. The van der Waals surface area contributed by atoms with Crippen LogP contribution in [0.5, 0.6) is 0 Å². The standard InChI is InChI=1S/C12H21N3O2S2/c1-3-9(2)13-11(17)14-10(16)8-19-12(18)15-6-4-5-7-15/h9H,3-8H2,1-2H3,(H2,13,14,16,17)/t9-/m0/s1.